The van der Waals surface area contributed by atoms with Gasteiger partial charge in [0, 0.05) is 22.0 Å². The molecule has 0 aliphatic carbocycles. The molecule has 2 bridgehead atoms. The van der Waals surface area contributed by atoms with Crippen LogP contribution in [0.2, 0.25) is 0 Å². The molecule has 1 saturated heterocycles. The highest BCUT2D eigenvalue weighted by Gasteiger charge is 2.53. The number of ether oxygens (including phenoxy) is 1. The Morgan fingerprint density at radius 3 is 2.80 bits per heavy atom. The summed E-state index contributed by atoms with van der Waals surface area (Å²) in [5.41, 5.74) is 0.775. The van der Waals surface area contributed by atoms with Gasteiger partial charge >= 0.3 is 0 Å². The summed E-state index contributed by atoms with van der Waals surface area (Å²) in [7, 11) is 0. The van der Waals surface area contributed by atoms with E-state index < -0.39 is 5.72 Å². The molecule has 20 heavy (non-hydrogen) atoms. The third-order valence-corrected chi connectivity index (χ3v) is 5.27. The van der Waals surface area contributed by atoms with Crippen LogP contribution in [-0.2, 0) is 0 Å². The first-order valence-electron chi connectivity index (χ1n) is 6.93. The molecule has 1 N–H and O–H groups in total. The van der Waals surface area contributed by atoms with Crippen molar-refractivity contribution in [1.29, 1.82) is 0 Å². The van der Waals surface area contributed by atoms with Gasteiger partial charge in [-0.15, -0.1) is 0 Å². The highest BCUT2D eigenvalue weighted by molar-refractivity contribution is 9.10. The van der Waals surface area contributed by atoms with Crippen molar-refractivity contribution < 1.29 is 4.74 Å². The van der Waals surface area contributed by atoms with E-state index in [9.17, 15) is 0 Å². The maximum Gasteiger partial charge on any atom is 0.187 e. The molecule has 3 nitrogen and oxygen atoms in total. The maximum absolute atomic E-state index is 6.38. The van der Waals surface area contributed by atoms with Crippen LogP contribution in [0, 0.1) is 5.92 Å². The normalized spacial score (nSPS) is 31.7. The minimum Gasteiger partial charge on any atom is -0.467 e. The summed E-state index contributed by atoms with van der Waals surface area (Å²) in [6.45, 7) is 8.65. The average molecular weight is 355 g/mol. The molecule has 108 valence electrons. The zero-order valence-electron chi connectivity index (χ0n) is 12.1. The second-order valence-electron chi connectivity index (χ2n) is 6.02. The molecule has 3 atom stereocenters. The van der Waals surface area contributed by atoms with Gasteiger partial charge in [-0.25, -0.2) is 0 Å². The van der Waals surface area contributed by atoms with Gasteiger partial charge in [0.05, 0.1) is 6.04 Å². The molecule has 1 fully saturated rings. The number of thiocarbonyl (C=S) groups is 1. The molecule has 0 radical (unpaired) electrons. The van der Waals surface area contributed by atoms with Gasteiger partial charge in [0.15, 0.2) is 10.8 Å². The Morgan fingerprint density at radius 1 is 1.45 bits per heavy atom. The largest absolute Gasteiger partial charge is 0.467 e. The zero-order valence-corrected chi connectivity index (χ0v) is 14.5. The predicted octanol–water partition coefficient (Wildman–Crippen LogP) is 3.83. The molecular weight excluding hydrogens is 336 g/mol. The van der Waals surface area contributed by atoms with Crippen molar-refractivity contribution in [2.24, 2.45) is 5.92 Å². The maximum atomic E-state index is 6.38. The van der Waals surface area contributed by atoms with E-state index in [1.165, 1.54) is 5.56 Å². The Hall–Kier alpha value is -0.810. The summed E-state index contributed by atoms with van der Waals surface area (Å²) in [4.78, 5) is 2.18. The Balaban J connectivity index is 2.14. The molecular formula is C15H19BrN2OS. The number of nitrogens with zero attached hydrogens (tertiary/aromatic N) is 1. The molecule has 3 unspecified atom stereocenters. The number of hydrogen-bond acceptors (Lipinski definition) is 2. The van der Waals surface area contributed by atoms with E-state index in [-0.39, 0.29) is 6.04 Å². The van der Waals surface area contributed by atoms with E-state index in [0.29, 0.717) is 12.0 Å². The van der Waals surface area contributed by atoms with Crippen LogP contribution in [-0.4, -0.2) is 21.8 Å². The molecule has 0 aromatic heterocycles. The fraction of sp³-hybridized carbons (Fsp3) is 0.533. The number of benzene rings is 1. The summed E-state index contributed by atoms with van der Waals surface area (Å²) in [5.74, 6) is 1.25. The third kappa shape index (κ3) is 1.86. The lowest BCUT2D eigenvalue weighted by Crippen LogP contribution is -2.70. The number of halogens is 1. The van der Waals surface area contributed by atoms with Crippen molar-refractivity contribution in [3.8, 4) is 5.75 Å². The average Bonchev–Trinajstić information content (AvgIpc) is 2.34. The van der Waals surface area contributed by atoms with Crippen molar-refractivity contribution in [2.75, 3.05) is 0 Å². The quantitative estimate of drug-likeness (QED) is 0.774. The van der Waals surface area contributed by atoms with E-state index in [1.807, 2.05) is 12.1 Å². The van der Waals surface area contributed by atoms with Crippen LogP contribution in [0.15, 0.2) is 22.7 Å². The molecule has 0 amide bonds. The number of fused-ring (bicyclic) bond motifs is 4. The van der Waals surface area contributed by atoms with Crippen LogP contribution in [0.1, 0.15) is 39.3 Å². The first kappa shape index (κ1) is 14.1. The molecule has 1 aromatic rings. The first-order chi connectivity index (χ1) is 9.34. The molecule has 5 heteroatoms. The van der Waals surface area contributed by atoms with Crippen molar-refractivity contribution in [1.82, 2.24) is 10.2 Å². The molecule has 2 heterocycles. The Morgan fingerprint density at radius 2 is 2.15 bits per heavy atom. The van der Waals surface area contributed by atoms with Gasteiger partial charge in [0.25, 0.3) is 0 Å². The molecule has 0 spiro atoms. The van der Waals surface area contributed by atoms with Crippen LogP contribution in [0.4, 0.5) is 0 Å². The summed E-state index contributed by atoms with van der Waals surface area (Å²) < 4.78 is 7.44. The van der Waals surface area contributed by atoms with Crippen molar-refractivity contribution in [3.63, 3.8) is 0 Å². The Kier molecular flexibility index (Phi) is 3.25. The van der Waals surface area contributed by atoms with Crippen LogP contribution in [0.25, 0.3) is 0 Å². The van der Waals surface area contributed by atoms with Gasteiger partial charge in [-0.3, -0.25) is 0 Å². The molecule has 3 rings (SSSR count). The summed E-state index contributed by atoms with van der Waals surface area (Å²) in [6.07, 6.45) is 0. The Bertz CT molecular complexity index is 577. The minimum absolute atomic E-state index is 0.198. The minimum atomic E-state index is -0.401. The van der Waals surface area contributed by atoms with E-state index in [0.717, 1.165) is 15.3 Å². The molecule has 1 aromatic carbocycles. The van der Waals surface area contributed by atoms with Gasteiger partial charge in [-0.1, -0.05) is 22.9 Å². The number of hydrogen-bond donors (Lipinski definition) is 1. The first-order valence-corrected chi connectivity index (χ1v) is 8.13. The lowest BCUT2D eigenvalue weighted by molar-refractivity contribution is -0.121. The van der Waals surface area contributed by atoms with E-state index >= 15 is 0 Å². The van der Waals surface area contributed by atoms with E-state index in [2.05, 4.69) is 59.9 Å². The zero-order chi connectivity index (χ0) is 14.7. The predicted molar refractivity (Wildman–Crippen MR) is 87.8 cm³/mol. The van der Waals surface area contributed by atoms with Crippen LogP contribution in [0.5, 0.6) is 5.75 Å². The molecule has 2 aliphatic heterocycles. The topological polar surface area (TPSA) is 24.5 Å². The summed E-state index contributed by atoms with van der Waals surface area (Å²) >= 11 is 9.10. The lowest BCUT2D eigenvalue weighted by Gasteiger charge is -2.57. The molecule has 0 saturated carbocycles. The Labute approximate surface area is 133 Å². The third-order valence-electron chi connectivity index (χ3n) is 4.46. The highest BCUT2D eigenvalue weighted by Crippen LogP contribution is 2.48. The van der Waals surface area contributed by atoms with Crippen molar-refractivity contribution in [2.45, 2.75) is 45.5 Å². The number of nitrogens with one attached hydrogen (secondary N) is 1. The summed E-state index contributed by atoms with van der Waals surface area (Å²) in [6, 6.07) is 6.66. The van der Waals surface area contributed by atoms with Gasteiger partial charge in [-0.2, -0.15) is 0 Å². The fourth-order valence-electron chi connectivity index (χ4n) is 3.37. The summed E-state index contributed by atoms with van der Waals surface area (Å²) in [5, 5.41) is 4.27. The second-order valence-corrected chi connectivity index (χ2v) is 7.32. The van der Waals surface area contributed by atoms with Crippen LogP contribution < -0.4 is 10.1 Å². The number of rotatable bonds is 1. The fourth-order valence-corrected chi connectivity index (χ4v) is 4.27. The standard InChI is InChI=1S/C15H19BrN2OS/c1-8(2)18-14(20)17-13-9(3)15(18,4)19-12-6-5-10(16)7-11(12)13/h5-9,13H,1-4H3,(H,17,20). The lowest BCUT2D eigenvalue weighted by atomic mass is 9.80. The van der Waals surface area contributed by atoms with Crippen LogP contribution >= 0.6 is 28.1 Å². The van der Waals surface area contributed by atoms with Crippen LogP contribution in [0.3, 0.4) is 0 Å². The molecule has 2 aliphatic rings. The highest BCUT2D eigenvalue weighted by atomic mass is 79.9. The van der Waals surface area contributed by atoms with Crippen molar-refractivity contribution >= 4 is 33.3 Å². The monoisotopic (exact) mass is 354 g/mol. The van der Waals surface area contributed by atoms with Crippen molar-refractivity contribution in [3.05, 3.63) is 28.2 Å². The van der Waals surface area contributed by atoms with E-state index in [1.54, 1.807) is 0 Å². The SMILES string of the molecule is CC(C)N1C(=S)NC2c3cc(Br)ccc3OC1(C)C2C. The smallest absolute Gasteiger partial charge is 0.187 e. The van der Waals surface area contributed by atoms with E-state index in [4.69, 9.17) is 17.0 Å². The second kappa shape index (κ2) is 4.60. The van der Waals surface area contributed by atoms with Gasteiger partial charge in [0.2, 0.25) is 0 Å². The van der Waals surface area contributed by atoms with Gasteiger partial charge < -0.3 is 15.0 Å². The van der Waals surface area contributed by atoms with Gasteiger partial charge in [0.1, 0.15) is 5.75 Å². The van der Waals surface area contributed by atoms with Gasteiger partial charge in [-0.05, 0) is 51.2 Å².